The molecule has 0 radical (unpaired) electrons. The molecule has 0 fully saturated rings. The van der Waals surface area contributed by atoms with E-state index in [0.29, 0.717) is 0 Å². The van der Waals surface area contributed by atoms with Crippen molar-refractivity contribution in [1.29, 1.82) is 0 Å². The molecule has 2 heteroatoms. The summed E-state index contributed by atoms with van der Waals surface area (Å²) in [4.78, 5) is 0. The summed E-state index contributed by atoms with van der Waals surface area (Å²) in [5, 5.41) is 8.34. The van der Waals surface area contributed by atoms with E-state index in [9.17, 15) is 0 Å². The lowest BCUT2D eigenvalue weighted by molar-refractivity contribution is 0.617. The predicted octanol–water partition coefficient (Wildman–Crippen LogP) is 13.9. The molecule has 0 aliphatic heterocycles. The highest BCUT2D eigenvalue weighted by Crippen LogP contribution is 2.53. The van der Waals surface area contributed by atoms with Gasteiger partial charge in [-0.2, -0.15) is 0 Å². The van der Waals surface area contributed by atoms with Crippen molar-refractivity contribution in [2.24, 2.45) is 0 Å². The van der Waals surface area contributed by atoms with Crippen molar-refractivity contribution < 1.29 is 8.83 Å². The van der Waals surface area contributed by atoms with Crippen LogP contribution in [0, 0.1) is 0 Å². The summed E-state index contributed by atoms with van der Waals surface area (Å²) in [6.45, 7) is 4.67. The number of para-hydroxylation sites is 1. The van der Waals surface area contributed by atoms with Gasteiger partial charge in [-0.05, 0) is 96.4 Å². The van der Waals surface area contributed by atoms with Gasteiger partial charge >= 0.3 is 0 Å². The number of fused-ring (bicyclic) bond motifs is 10. The molecular weight excluding hydrogens is 621 g/mol. The summed E-state index contributed by atoms with van der Waals surface area (Å²) < 4.78 is 12.6. The molecule has 11 rings (SSSR count). The molecule has 2 nitrogen and oxygen atoms in total. The molecule has 0 saturated heterocycles. The number of hydrogen-bond donors (Lipinski definition) is 0. The molecule has 0 unspecified atom stereocenters. The summed E-state index contributed by atoms with van der Waals surface area (Å²) in [5.41, 5.74) is 15.1. The van der Waals surface area contributed by atoms with Gasteiger partial charge in [-0.25, -0.2) is 0 Å². The fraction of sp³-hybridized carbons (Fsp3) is 0.0612. The zero-order valence-corrected chi connectivity index (χ0v) is 28.3. The minimum atomic E-state index is -0.0682. The smallest absolute Gasteiger partial charge is 0.141 e. The van der Waals surface area contributed by atoms with Crippen molar-refractivity contribution in [3.8, 4) is 44.5 Å². The van der Waals surface area contributed by atoms with Crippen LogP contribution in [0.25, 0.3) is 99.0 Å². The maximum absolute atomic E-state index is 6.50. The van der Waals surface area contributed by atoms with Crippen LogP contribution < -0.4 is 0 Å². The van der Waals surface area contributed by atoms with E-state index >= 15 is 0 Å². The Labute approximate surface area is 295 Å². The Balaban J connectivity index is 1.13. The maximum atomic E-state index is 6.50. The first-order valence-corrected chi connectivity index (χ1v) is 17.7. The van der Waals surface area contributed by atoms with Crippen molar-refractivity contribution in [1.82, 2.24) is 0 Å². The Morgan fingerprint density at radius 3 is 1.88 bits per heavy atom. The van der Waals surface area contributed by atoms with Crippen LogP contribution in [-0.4, -0.2) is 0 Å². The van der Waals surface area contributed by atoms with Crippen LogP contribution in [0.15, 0.2) is 167 Å². The molecule has 0 spiro atoms. The van der Waals surface area contributed by atoms with Crippen molar-refractivity contribution in [3.63, 3.8) is 0 Å². The first-order valence-electron chi connectivity index (χ1n) is 17.7. The monoisotopic (exact) mass is 652 g/mol. The third-order valence-corrected chi connectivity index (χ3v) is 11.3. The van der Waals surface area contributed by atoms with Gasteiger partial charge in [-0.3, -0.25) is 0 Å². The second-order valence-corrected chi connectivity index (χ2v) is 14.4. The fourth-order valence-corrected chi connectivity index (χ4v) is 9.01. The molecule has 2 heterocycles. The average molecular weight is 653 g/mol. The average Bonchev–Trinajstić information content (AvgIpc) is 3.87. The molecule has 0 amide bonds. The molecule has 0 atom stereocenters. The first-order chi connectivity index (χ1) is 25.1. The van der Waals surface area contributed by atoms with E-state index in [4.69, 9.17) is 8.83 Å². The number of benzene rings is 8. The molecule has 0 bridgehead atoms. The molecule has 0 saturated carbocycles. The predicted molar refractivity (Wildman–Crippen MR) is 212 cm³/mol. The van der Waals surface area contributed by atoms with E-state index in [1.807, 2.05) is 6.07 Å². The van der Waals surface area contributed by atoms with E-state index in [2.05, 4.69) is 159 Å². The zero-order valence-electron chi connectivity index (χ0n) is 28.3. The molecule has 2 aromatic heterocycles. The largest absolute Gasteiger partial charge is 0.464 e. The van der Waals surface area contributed by atoms with E-state index < -0.39 is 0 Å². The Bertz CT molecular complexity index is 3000. The Kier molecular flexibility index (Phi) is 5.76. The van der Waals surface area contributed by atoms with Crippen molar-refractivity contribution in [2.75, 3.05) is 0 Å². The minimum Gasteiger partial charge on any atom is -0.464 e. The van der Waals surface area contributed by atoms with Crippen molar-refractivity contribution in [2.45, 2.75) is 19.3 Å². The third-order valence-electron chi connectivity index (χ3n) is 11.3. The Morgan fingerprint density at radius 2 is 1.08 bits per heavy atom. The number of rotatable bonds is 3. The first kappa shape index (κ1) is 28.5. The number of hydrogen-bond acceptors (Lipinski definition) is 2. The van der Waals surface area contributed by atoms with Crippen molar-refractivity contribution in [3.05, 3.63) is 169 Å². The molecule has 0 N–H and O–H groups in total. The second-order valence-electron chi connectivity index (χ2n) is 14.4. The van der Waals surface area contributed by atoms with Crippen LogP contribution in [0.1, 0.15) is 25.0 Å². The molecule has 10 aromatic rings. The molecule has 1 aliphatic carbocycles. The summed E-state index contributed by atoms with van der Waals surface area (Å²) in [5.74, 6) is 0. The topological polar surface area (TPSA) is 26.3 Å². The summed E-state index contributed by atoms with van der Waals surface area (Å²) in [6.07, 6.45) is 1.79. The SMILES string of the molecule is CC1(C)c2ccccc2-c2c1ccc1oc3ccc(-c4cccc(-c5c6ccccc6c(-c6cccc7ccoc67)c6ccccc56)c4)cc3c21. The zero-order chi connectivity index (χ0) is 33.8. The fourth-order valence-electron chi connectivity index (χ4n) is 9.01. The van der Waals surface area contributed by atoms with Gasteiger partial charge in [0.2, 0.25) is 0 Å². The minimum absolute atomic E-state index is 0.0682. The maximum Gasteiger partial charge on any atom is 0.141 e. The van der Waals surface area contributed by atoms with Crippen LogP contribution in [-0.2, 0) is 5.41 Å². The summed E-state index contributed by atoms with van der Waals surface area (Å²) in [7, 11) is 0. The molecule has 8 aromatic carbocycles. The number of furan rings is 2. The lowest BCUT2D eigenvalue weighted by atomic mass is 9.82. The molecule has 240 valence electrons. The second kappa shape index (κ2) is 10.3. The van der Waals surface area contributed by atoms with Gasteiger partial charge in [0.05, 0.1) is 6.26 Å². The van der Waals surface area contributed by atoms with E-state index in [1.54, 1.807) is 6.26 Å². The third kappa shape index (κ3) is 3.93. The highest BCUT2D eigenvalue weighted by Gasteiger charge is 2.37. The normalized spacial score (nSPS) is 13.5. The molecular formula is C49H32O2. The highest BCUT2D eigenvalue weighted by atomic mass is 16.3. The van der Waals surface area contributed by atoms with Crippen LogP contribution in [0.4, 0.5) is 0 Å². The van der Waals surface area contributed by atoms with E-state index in [-0.39, 0.29) is 5.41 Å². The van der Waals surface area contributed by atoms with E-state index in [1.165, 1.54) is 77.0 Å². The van der Waals surface area contributed by atoms with Gasteiger partial charge < -0.3 is 8.83 Å². The Morgan fingerprint density at radius 1 is 0.431 bits per heavy atom. The lowest BCUT2D eigenvalue weighted by Crippen LogP contribution is -2.14. The highest BCUT2D eigenvalue weighted by molar-refractivity contribution is 6.23. The quantitative estimate of drug-likeness (QED) is 0.178. The van der Waals surface area contributed by atoms with Gasteiger partial charge in [0.25, 0.3) is 0 Å². The van der Waals surface area contributed by atoms with Gasteiger partial charge in [0.1, 0.15) is 16.7 Å². The lowest BCUT2D eigenvalue weighted by Gasteiger charge is -2.21. The van der Waals surface area contributed by atoms with E-state index in [0.717, 1.165) is 33.1 Å². The van der Waals surface area contributed by atoms with Crippen LogP contribution in [0.2, 0.25) is 0 Å². The summed E-state index contributed by atoms with van der Waals surface area (Å²) in [6, 6.07) is 55.1. The van der Waals surface area contributed by atoms with Gasteiger partial charge in [0, 0.05) is 32.7 Å². The van der Waals surface area contributed by atoms with Gasteiger partial charge in [0.15, 0.2) is 0 Å². The van der Waals surface area contributed by atoms with Crippen LogP contribution in [0.5, 0.6) is 0 Å². The molecule has 1 aliphatic rings. The van der Waals surface area contributed by atoms with Crippen LogP contribution in [0.3, 0.4) is 0 Å². The van der Waals surface area contributed by atoms with Gasteiger partial charge in [-0.15, -0.1) is 0 Å². The standard InChI is InChI=1S/C49H32O2/c1-49(2)40-20-8-7-18-37(40)46-41(49)22-24-43-47(46)39-28-31(21-23-42(39)51-43)30-12-9-13-32(27-30)44-33-14-3-5-16-35(33)45(36-17-6-4-15-34(36)44)38-19-10-11-29-25-26-50-48(29)38/h3-28H,1-2H3. The Hall–Kier alpha value is -6.38. The van der Waals surface area contributed by atoms with Gasteiger partial charge in [-0.1, -0.05) is 135 Å². The van der Waals surface area contributed by atoms with Crippen LogP contribution >= 0.6 is 0 Å². The summed E-state index contributed by atoms with van der Waals surface area (Å²) >= 11 is 0. The molecule has 51 heavy (non-hydrogen) atoms. The van der Waals surface area contributed by atoms with Crippen molar-refractivity contribution >= 4 is 54.5 Å².